The lowest BCUT2D eigenvalue weighted by atomic mass is 9.93. The van der Waals surface area contributed by atoms with E-state index in [2.05, 4.69) is 39.7 Å². The molecule has 0 aromatic carbocycles. The summed E-state index contributed by atoms with van der Waals surface area (Å²) in [5, 5.41) is 4.22. The van der Waals surface area contributed by atoms with Gasteiger partial charge in [0.2, 0.25) is 0 Å². The molecule has 1 rings (SSSR count). The molecule has 0 radical (unpaired) electrons. The van der Waals surface area contributed by atoms with Crippen molar-refractivity contribution < 1.29 is 4.74 Å². The Hall–Kier alpha value is -0.990. The highest BCUT2D eigenvalue weighted by molar-refractivity contribution is 5.11. The Kier molecular flexibility index (Phi) is 3.77. The quantitative estimate of drug-likeness (QED) is 0.762. The molecule has 1 aromatic rings. The van der Waals surface area contributed by atoms with Crippen LogP contribution in [-0.2, 0) is 0 Å². The van der Waals surface area contributed by atoms with E-state index >= 15 is 0 Å². The molecule has 0 unspecified atom stereocenters. The lowest BCUT2D eigenvalue weighted by molar-refractivity contribution is 0.242. The molecule has 1 aromatic heterocycles. The molecule has 0 saturated heterocycles. The summed E-state index contributed by atoms with van der Waals surface area (Å²) >= 11 is 0. The van der Waals surface area contributed by atoms with Crippen LogP contribution in [0.1, 0.15) is 47.1 Å². The molecule has 15 heavy (non-hydrogen) atoms. The summed E-state index contributed by atoms with van der Waals surface area (Å²) in [6.45, 7) is 11.6. The van der Waals surface area contributed by atoms with Crippen LogP contribution >= 0.6 is 0 Å². The second kappa shape index (κ2) is 4.69. The second-order valence-corrected chi connectivity index (χ2v) is 5.41. The van der Waals surface area contributed by atoms with Crippen LogP contribution in [0.15, 0.2) is 12.4 Å². The number of hydrogen-bond acceptors (Lipinski definition) is 2. The van der Waals surface area contributed by atoms with Crippen LogP contribution in [-0.4, -0.2) is 16.4 Å². The Morgan fingerprint density at radius 3 is 2.53 bits per heavy atom. The van der Waals surface area contributed by atoms with Gasteiger partial charge >= 0.3 is 0 Å². The number of aromatic nitrogens is 2. The molecule has 0 saturated carbocycles. The van der Waals surface area contributed by atoms with Gasteiger partial charge in [-0.1, -0.05) is 20.8 Å². The molecule has 0 atom stereocenters. The fourth-order valence-corrected chi connectivity index (χ4v) is 1.15. The first kappa shape index (κ1) is 12.1. The number of nitrogens with zero attached hydrogens (tertiary/aromatic N) is 2. The summed E-state index contributed by atoms with van der Waals surface area (Å²) < 4.78 is 7.54. The summed E-state index contributed by atoms with van der Waals surface area (Å²) in [6, 6.07) is 0.393. The van der Waals surface area contributed by atoms with Crippen molar-refractivity contribution in [2.45, 2.75) is 47.1 Å². The first-order chi connectivity index (χ1) is 6.88. The van der Waals surface area contributed by atoms with E-state index in [1.165, 1.54) is 0 Å². The fraction of sp³-hybridized carbons (Fsp3) is 0.750. The normalized spacial score (nSPS) is 12.1. The van der Waals surface area contributed by atoms with Crippen molar-refractivity contribution in [1.29, 1.82) is 0 Å². The van der Waals surface area contributed by atoms with Crippen LogP contribution in [0.3, 0.4) is 0 Å². The zero-order valence-electron chi connectivity index (χ0n) is 10.4. The lowest BCUT2D eigenvalue weighted by Crippen LogP contribution is -2.10. The molecule has 0 aliphatic heterocycles. The molecule has 0 N–H and O–H groups in total. The van der Waals surface area contributed by atoms with Gasteiger partial charge in [0.15, 0.2) is 5.75 Å². The van der Waals surface area contributed by atoms with Gasteiger partial charge in [-0.15, -0.1) is 0 Å². The minimum atomic E-state index is 0.327. The summed E-state index contributed by atoms with van der Waals surface area (Å²) in [5.41, 5.74) is 0.327. The van der Waals surface area contributed by atoms with E-state index in [0.717, 1.165) is 18.8 Å². The molecule has 3 nitrogen and oxygen atoms in total. The van der Waals surface area contributed by atoms with Crippen LogP contribution in [0, 0.1) is 5.41 Å². The van der Waals surface area contributed by atoms with Gasteiger partial charge in [-0.25, -0.2) is 0 Å². The third-order valence-corrected chi connectivity index (χ3v) is 2.23. The molecule has 0 aliphatic carbocycles. The molecule has 0 spiro atoms. The average molecular weight is 210 g/mol. The average Bonchev–Trinajstić information content (AvgIpc) is 2.50. The van der Waals surface area contributed by atoms with Crippen LogP contribution in [0.4, 0.5) is 0 Å². The summed E-state index contributed by atoms with van der Waals surface area (Å²) in [4.78, 5) is 0. The van der Waals surface area contributed by atoms with Crippen LogP contribution in [0.25, 0.3) is 0 Å². The second-order valence-electron chi connectivity index (χ2n) is 5.41. The Morgan fingerprint density at radius 1 is 1.40 bits per heavy atom. The molecule has 86 valence electrons. The number of rotatable bonds is 4. The van der Waals surface area contributed by atoms with Crippen LogP contribution in [0.2, 0.25) is 0 Å². The first-order valence-electron chi connectivity index (χ1n) is 5.55. The third-order valence-electron chi connectivity index (χ3n) is 2.23. The fourth-order valence-electron chi connectivity index (χ4n) is 1.15. The maximum absolute atomic E-state index is 5.63. The maximum atomic E-state index is 5.63. The monoisotopic (exact) mass is 210 g/mol. The predicted octanol–water partition coefficient (Wildman–Crippen LogP) is 3.28. The molecule has 0 amide bonds. The highest BCUT2D eigenvalue weighted by Gasteiger charge is 2.10. The molecule has 0 fully saturated rings. The highest BCUT2D eigenvalue weighted by atomic mass is 16.5. The van der Waals surface area contributed by atoms with Gasteiger partial charge < -0.3 is 4.74 Å². The van der Waals surface area contributed by atoms with Gasteiger partial charge in [-0.05, 0) is 25.7 Å². The highest BCUT2D eigenvalue weighted by Crippen LogP contribution is 2.19. The maximum Gasteiger partial charge on any atom is 0.157 e. The van der Waals surface area contributed by atoms with Gasteiger partial charge in [0.25, 0.3) is 0 Å². The predicted molar refractivity (Wildman–Crippen MR) is 62.2 cm³/mol. The van der Waals surface area contributed by atoms with Gasteiger partial charge in [-0.2, -0.15) is 5.10 Å². The molecule has 1 heterocycles. The van der Waals surface area contributed by atoms with E-state index in [4.69, 9.17) is 4.74 Å². The SMILES string of the molecule is CC(C)n1cc(OCCC(C)(C)C)cn1. The number of ether oxygens (including phenoxy) is 1. The molecular formula is C12H22N2O. The topological polar surface area (TPSA) is 27.1 Å². The molecular weight excluding hydrogens is 188 g/mol. The summed E-state index contributed by atoms with van der Waals surface area (Å²) in [5.74, 6) is 0.868. The standard InChI is InChI=1S/C12H22N2O/c1-10(2)14-9-11(8-13-14)15-7-6-12(3,4)5/h8-10H,6-7H2,1-5H3. The van der Waals surface area contributed by atoms with Gasteiger partial charge in [-0.3, -0.25) is 4.68 Å². The number of hydrogen-bond donors (Lipinski definition) is 0. The first-order valence-corrected chi connectivity index (χ1v) is 5.55. The van der Waals surface area contributed by atoms with Crippen molar-refractivity contribution in [3.63, 3.8) is 0 Å². The van der Waals surface area contributed by atoms with E-state index < -0.39 is 0 Å². The van der Waals surface area contributed by atoms with Crippen molar-refractivity contribution >= 4 is 0 Å². The van der Waals surface area contributed by atoms with Gasteiger partial charge in [0.05, 0.1) is 19.0 Å². The zero-order chi connectivity index (χ0) is 11.5. The van der Waals surface area contributed by atoms with E-state index in [1.54, 1.807) is 6.20 Å². The van der Waals surface area contributed by atoms with E-state index in [9.17, 15) is 0 Å². The van der Waals surface area contributed by atoms with Gasteiger partial charge in [0.1, 0.15) is 0 Å². The Morgan fingerprint density at radius 2 is 2.07 bits per heavy atom. The van der Waals surface area contributed by atoms with Crippen molar-refractivity contribution in [2.24, 2.45) is 5.41 Å². The van der Waals surface area contributed by atoms with Crippen LogP contribution in [0.5, 0.6) is 5.75 Å². The Labute approximate surface area is 92.4 Å². The smallest absolute Gasteiger partial charge is 0.157 e. The third kappa shape index (κ3) is 4.36. The Bertz CT molecular complexity index is 297. The van der Waals surface area contributed by atoms with Crippen molar-refractivity contribution in [3.05, 3.63) is 12.4 Å². The minimum absolute atomic E-state index is 0.327. The van der Waals surface area contributed by atoms with Crippen molar-refractivity contribution in [1.82, 2.24) is 9.78 Å². The largest absolute Gasteiger partial charge is 0.490 e. The van der Waals surface area contributed by atoms with Crippen molar-refractivity contribution in [2.75, 3.05) is 6.61 Å². The Balaban J connectivity index is 2.38. The zero-order valence-corrected chi connectivity index (χ0v) is 10.4. The molecule has 0 aliphatic rings. The lowest BCUT2D eigenvalue weighted by Gasteiger charge is -2.17. The summed E-state index contributed by atoms with van der Waals surface area (Å²) in [7, 11) is 0. The minimum Gasteiger partial charge on any atom is -0.490 e. The van der Waals surface area contributed by atoms with E-state index in [-0.39, 0.29) is 0 Å². The molecule has 3 heteroatoms. The molecule has 0 bridgehead atoms. The van der Waals surface area contributed by atoms with Crippen LogP contribution < -0.4 is 4.74 Å². The van der Waals surface area contributed by atoms with Crippen molar-refractivity contribution in [3.8, 4) is 5.75 Å². The van der Waals surface area contributed by atoms with E-state index in [0.29, 0.717) is 11.5 Å². The van der Waals surface area contributed by atoms with Gasteiger partial charge in [0, 0.05) is 6.04 Å². The van der Waals surface area contributed by atoms with E-state index in [1.807, 2.05) is 10.9 Å². The summed E-state index contributed by atoms with van der Waals surface area (Å²) in [6.07, 6.45) is 4.79.